The van der Waals surface area contributed by atoms with Crippen LogP contribution in [0.1, 0.15) is 52.4 Å². The van der Waals surface area contributed by atoms with Crippen LogP contribution in [-0.2, 0) is 0 Å². The van der Waals surface area contributed by atoms with Crippen LogP contribution in [0.25, 0.3) is 0 Å². The van der Waals surface area contributed by atoms with Crippen LogP contribution in [0.5, 0.6) is 0 Å². The molecular weight excluding hydrogens is 228 g/mol. The van der Waals surface area contributed by atoms with Crippen LogP contribution >= 0.6 is 0 Å². The Bertz CT molecular complexity index is 255. The number of hydrogen-bond donors (Lipinski definition) is 2. The number of rotatable bonds is 6. The fourth-order valence-corrected chi connectivity index (χ4v) is 2.67. The molecule has 0 spiro atoms. The molecule has 4 nitrogen and oxygen atoms in total. The van der Waals surface area contributed by atoms with Crippen molar-refractivity contribution in [1.29, 1.82) is 0 Å². The number of urea groups is 1. The summed E-state index contributed by atoms with van der Waals surface area (Å²) in [5, 5.41) is 12.5. The van der Waals surface area contributed by atoms with Gasteiger partial charge in [0.15, 0.2) is 0 Å². The highest BCUT2D eigenvalue weighted by atomic mass is 16.3. The van der Waals surface area contributed by atoms with Crippen molar-refractivity contribution in [1.82, 2.24) is 10.2 Å². The summed E-state index contributed by atoms with van der Waals surface area (Å²) in [6.07, 6.45) is 7.79. The third kappa shape index (κ3) is 6.24. The summed E-state index contributed by atoms with van der Waals surface area (Å²) >= 11 is 0. The molecule has 0 aliphatic heterocycles. The predicted octanol–water partition coefficient (Wildman–Crippen LogP) is 2.37. The maximum atomic E-state index is 11.7. The number of amides is 2. The number of likely N-dealkylation sites (N-methyl/N-ethyl adjacent to an activating group) is 1. The lowest BCUT2D eigenvalue weighted by molar-refractivity contribution is 0.0532. The zero-order chi connectivity index (χ0) is 13.6. The van der Waals surface area contributed by atoms with Crippen molar-refractivity contribution in [2.75, 3.05) is 20.1 Å². The van der Waals surface area contributed by atoms with Crippen molar-refractivity contribution in [3.63, 3.8) is 0 Å². The van der Waals surface area contributed by atoms with Gasteiger partial charge >= 0.3 is 6.03 Å². The van der Waals surface area contributed by atoms with E-state index < -0.39 is 5.60 Å². The minimum absolute atomic E-state index is 0.0939. The smallest absolute Gasteiger partial charge is 0.317 e. The van der Waals surface area contributed by atoms with Crippen LogP contribution in [0.2, 0.25) is 0 Å². The second-order valence-electron chi connectivity index (χ2n) is 6.19. The van der Waals surface area contributed by atoms with Crippen LogP contribution in [0, 0.1) is 5.92 Å². The van der Waals surface area contributed by atoms with Gasteiger partial charge in [0.2, 0.25) is 0 Å². The molecule has 2 N–H and O–H groups in total. The van der Waals surface area contributed by atoms with E-state index in [-0.39, 0.29) is 6.03 Å². The topological polar surface area (TPSA) is 52.6 Å². The van der Waals surface area contributed by atoms with Gasteiger partial charge in [-0.25, -0.2) is 4.79 Å². The standard InChI is InChI=1S/C14H28N2O2/c1-14(2,18)11-16(3)13(17)15-10-6-9-12-7-4-5-8-12/h12,18H,4-11H2,1-3H3,(H,15,17). The van der Waals surface area contributed by atoms with Crippen molar-refractivity contribution < 1.29 is 9.90 Å². The molecule has 1 fully saturated rings. The summed E-state index contributed by atoms with van der Waals surface area (Å²) in [6, 6.07) is -0.0939. The average molecular weight is 256 g/mol. The number of carbonyl (C=O) groups is 1. The summed E-state index contributed by atoms with van der Waals surface area (Å²) in [7, 11) is 1.71. The molecule has 1 aliphatic carbocycles. The largest absolute Gasteiger partial charge is 0.389 e. The molecule has 0 aromatic heterocycles. The highest BCUT2D eigenvalue weighted by Crippen LogP contribution is 2.28. The molecule has 18 heavy (non-hydrogen) atoms. The van der Waals surface area contributed by atoms with Crippen molar-refractivity contribution >= 4 is 6.03 Å². The number of nitrogens with one attached hydrogen (secondary N) is 1. The zero-order valence-electron chi connectivity index (χ0n) is 12.0. The SMILES string of the molecule is CN(CC(C)(C)O)C(=O)NCCCC1CCCC1. The molecule has 0 unspecified atom stereocenters. The first-order chi connectivity index (χ1) is 8.38. The number of carbonyl (C=O) groups excluding carboxylic acids is 1. The molecule has 0 saturated heterocycles. The van der Waals surface area contributed by atoms with Crippen molar-refractivity contribution in [2.24, 2.45) is 5.92 Å². The van der Waals surface area contributed by atoms with Gasteiger partial charge in [-0.2, -0.15) is 0 Å². The van der Waals surface area contributed by atoms with Crippen molar-refractivity contribution in [2.45, 2.75) is 58.0 Å². The summed E-state index contributed by atoms with van der Waals surface area (Å²) in [4.78, 5) is 13.3. The molecular formula is C14H28N2O2. The van der Waals surface area contributed by atoms with E-state index in [0.717, 1.165) is 18.9 Å². The van der Waals surface area contributed by atoms with Gasteiger partial charge in [0.1, 0.15) is 0 Å². The molecule has 4 heteroatoms. The maximum absolute atomic E-state index is 11.7. The molecule has 0 radical (unpaired) electrons. The monoisotopic (exact) mass is 256 g/mol. The Labute approximate surface area is 111 Å². The van der Waals surface area contributed by atoms with E-state index in [9.17, 15) is 9.90 Å². The fraction of sp³-hybridized carbons (Fsp3) is 0.929. The van der Waals surface area contributed by atoms with Crippen LogP contribution in [0.3, 0.4) is 0 Å². The van der Waals surface area contributed by atoms with E-state index in [1.807, 2.05) is 0 Å². The van der Waals surface area contributed by atoms with Crippen LogP contribution < -0.4 is 5.32 Å². The Balaban J connectivity index is 2.08. The zero-order valence-corrected chi connectivity index (χ0v) is 12.0. The van der Waals surface area contributed by atoms with Crippen molar-refractivity contribution in [3.05, 3.63) is 0 Å². The van der Waals surface area contributed by atoms with Gasteiger partial charge in [0.05, 0.1) is 12.1 Å². The van der Waals surface area contributed by atoms with Crippen molar-refractivity contribution in [3.8, 4) is 0 Å². The molecule has 1 saturated carbocycles. The maximum Gasteiger partial charge on any atom is 0.317 e. The molecule has 0 atom stereocenters. The number of nitrogens with zero attached hydrogens (tertiary/aromatic N) is 1. The van der Waals surface area contributed by atoms with Gasteiger partial charge in [-0.05, 0) is 32.6 Å². The van der Waals surface area contributed by atoms with E-state index in [4.69, 9.17) is 0 Å². The number of aliphatic hydroxyl groups is 1. The Kier molecular flexibility index (Phi) is 5.93. The minimum Gasteiger partial charge on any atom is -0.389 e. The van der Waals surface area contributed by atoms with Crippen LogP contribution in [0.4, 0.5) is 4.79 Å². The highest BCUT2D eigenvalue weighted by molar-refractivity contribution is 5.73. The van der Waals surface area contributed by atoms with Gasteiger partial charge < -0.3 is 15.3 Å². The van der Waals surface area contributed by atoms with Gasteiger partial charge in [0, 0.05) is 13.6 Å². The molecule has 1 rings (SSSR count). The lowest BCUT2D eigenvalue weighted by Crippen LogP contribution is -2.44. The summed E-state index contributed by atoms with van der Waals surface area (Å²) in [5.74, 6) is 0.885. The number of hydrogen-bond acceptors (Lipinski definition) is 2. The summed E-state index contributed by atoms with van der Waals surface area (Å²) < 4.78 is 0. The Morgan fingerprint density at radius 1 is 1.39 bits per heavy atom. The Hall–Kier alpha value is -0.770. The minimum atomic E-state index is -0.837. The van der Waals surface area contributed by atoms with E-state index in [1.54, 1.807) is 20.9 Å². The normalized spacial score (nSPS) is 16.9. The Morgan fingerprint density at radius 3 is 2.56 bits per heavy atom. The Morgan fingerprint density at radius 2 is 2.00 bits per heavy atom. The fourth-order valence-electron chi connectivity index (χ4n) is 2.67. The van der Waals surface area contributed by atoms with E-state index in [0.29, 0.717) is 6.54 Å². The quantitative estimate of drug-likeness (QED) is 0.717. The molecule has 0 aromatic carbocycles. The molecule has 1 aliphatic rings. The first-order valence-electron chi connectivity index (χ1n) is 7.10. The van der Waals surface area contributed by atoms with E-state index in [2.05, 4.69) is 5.32 Å². The van der Waals surface area contributed by atoms with E-state index >= 15 is 0 Å². The molecule has 0 aromatic rings. The van der Waals surface area contributed by atoms with Crippen LogP contribution in [0.15, 0.2) is 0 Å². The lowest BCUT2D eigenvalue weighted by Gasteiger charge is -2.25. The third-order valence-corrected chi connectivity index (χ3v) is 3.51. The van der Waals surface area contributed by atoms with Gasteiger partial charge in [-0.1, -0.05) is 25.7 Å². The second-order valence-corrected chi connectivity index (χ2v) is 6.19. The first-order valence-corrected chi connectivity index (χ1v) is 7.10. The van der Waals surface area contributed by atoms with Gasteiger partial charge in [-0.15, -0.1) is 0 Å². The first kappa shape index (κ1) is 15.3. The molecule has 0 heterocycles. The van der Waals surface area contributed by atoms with Gasteiger partial charge in [-0.3, -0.25) is 0 Å². The van der Waals surface area contributed by atoms with Crippen LogP contribution in [-0.4, -0.2) is 41.8 Å². The molecule has 2 amide bonds. The summed E-state index contributed by atoms with van der Waals surface area (Å²) in [6.45, 7) is 4.50. The molecule has 0 bridgehead atoms. The summed E-state index contributed by atoms with van der Waals surface area (Å²) in [5.41, 5.74) is -0.837. The predicted molar refractivity (Wildman–Crippen MR) is 73.5 cm³/mol. The molecule has 106 valence electrons. The highest BCUT2D eigenvalue weighted by Gasteiger charge is 2.19. The third-order valence-electron chi connectivity index (χ3n) is 3.51. The van der Waals surface area contributed by atoms with Gasteiger partial charge in [0.25, 0.3) is 0 Å². The second kappa shape index (κ2) is 6.98. The van der Waals surface area contributed by atoms with E-state index in [1.165, 1.54) is 37.0 Å². The average Bonchev–Trinajstić information content (AvgIpc) is 2.74. The lowest BCUT2D eigenvalue weighted by atomic mass is 10.0.